The summed E-state index contributed by atoms with van der Waals surface area (Å²) in [7, 11) is 0. The highest BCUT2D eigenvalue weighted by Gasteiger charge is 2.27. The zero-order chi connectivity index (χ0) is 27.8. The van der Waals surface area contributed by atoms with E-state index in [4.69, 9.17) is 4.98 Å². The molecule has 200 valence electrons. The van der Waals surface area contributed by atoms with Gasteiger partial charge in [0.15, 0.2) is 0 Å². The van der Waals surface area contributed by atoms with Gasteiger partial charge in [0.1, 0.15) is 0 Å². The van der Waals surface area contributed by atoms with Crippen LogP contribution in [0.1, 0.15) is 41.3 Å². The Bertz CT molecular complexity index is 2220. The van der Waals surface area contributed by atoms with Gasteiger partial charge < -0.3 is 9.47 Å². The second kappa shape index (κ2) is 8.92. The van der Waals surface area contributed by atoms with Crippen LogP contribution in [0.4, 0.5) is 11.4 Å². The number of rotatable bonds is 2. The lowest BCUT2D eigenvalue weighted by Crippen LogP contribution is -2.12. The van der Waals surface area contributed by atoms with Gasteiger partial charge >= 0.3 is 0 Å². The predicted octanol–water partition coefficient (Wildman–Crippen LogP) is 9.93. The molecule has 3 heterocycles. The summed E-state index contributed by atoms with van der Waals surface area (Å²) in [6.07, 6.45) is 20.9. The lowest BCUT2D eigenvalue weighted by atomic mass is 9.92. The average Bonchev–Trinajstić information content (AvgIpc) is 3.23. The molecule has 0 saturated heterocycles. The van der Waals surface area contributed by atoms with Gasteiger partial charge in [-0.15, -0.1) is 0 Å². The van der Waals surface area contributed by atoms with Gasteiger partial charge in [-0.3, -0.25) is 4.98 Å². The molecule has 0 saturated carbocycles. The van der Waals surface area contributed by atoms with Gasteiger partial charge in [0.25, 0.3) is 0 Å². The topological polar surface area (TPSA) is 21.1 Å². The van der Waals surface area contributed by atoms with Crippen LogP contribution in [0.25, 0.3) is 56.5 Å². The smallest absolute Gasteiger partial charge is 0.0764 e. The molecule has 0 spiro atoms. The number of hydrogen-bond acceptors (Lipinski definition) is 2. The maximum absolute atomic E-state index is 4.97. The number of aromatic nitrogens is 2. The Kier molecular flexibility index (Phi) is 5.00. The van der Waals surface area contributed by atoms with E-state index >= 15 is 0 Å². The van der Waals surface area contributed by atoms with Crippen LogP contribution in [0.2, 0.25) is 0 Å². The zero-order valence-electron chi connectivity index (χ0n) is 23.5. The first-order valence-electron chi connectivity index (χ1n) is 14.8. The highest BCUT2D eigenvalue weighted by molar-refractivity contribution is 6.16. The molecule has 2 aromatic heterocycles. The molecule has 3 aliphatic rings. The number of pyridine rings is 1. The summed E-state index contributed by atoms with van der Waals surface area (Å²) in [5.41, 5.74) is 14.0. The normalized spacial score (nSPS) is 15.3. The minimum Gasteiger partial charge on any atom is -0.317 e. The SMILES string of the molecule is CC1=CC=Cc2cc(-n3c4c(c5c6c7c(cccc7cc53)N(c3ccccc3)C=C6)C=CCC4)c3cccnc3c2C1. The van der Waals surface area contributed by atoms with E-state index in [-0.39, 0.29) is 0 Å². The van der Waals surface area contributed by atoms with E-state index in [9.17, 15) is 0 Å². The Morgan fingerprint density at radius 2 is 1.74 bits per heavy atom. The van der Waals surface area contributed by atoms with Crippen molar-refractivity contribution >= 4 is 62.2 Å². The van der Waals surface area contributed by atoms with Crippen molar-refractivity contribution in [2.24, 2.45) is 0 Å². The zero-order valence-corrected chi connectivity index (χ0v) is 23.5. The van der Waals surface area contributed by atoms with Gasteiger partial charge in [0.05, 0.1) is 22.4 Å². The summed E-state index contributed by atoms with van der Waals surface area (Å²) in [4.78, 5) is 7.28. The van der Waals surface area contributed by atoms with E-state index in [1.54, 1.807) is 0 Å². The van der Waals surface area contributed by atoms with Crippen molar-refractivity contribution in [3.63, 3.8) is 0 Å². The van der Waals surface area contributed by atoms with Crippen LogP contribution < -0.4 is 4.90 Å². The Balaban J connectivity index is 1.39. The molecule has 9 rings (SSSR count). The molecule has 0 N–H and O–H groups in total. The monoisotopic (exact) mass is 539 g/mol. The highest BCUT2D eigenvalue weighted by atomic mass is 15.1. The van der Waals surface area contributed by atoms with Gasteiger partial charge in [-0.25, -0.2) is 0 Å². The molecule has 0 fully saturated rings. The summed E-state index contributed by atoms with van der Waals surface area (Å²) < 4.78 is 2.55. The minimum atomic E-state index is 0.920. The van der Waals surface area contributed by atoms with Gasteiger partial charge in [-0.1, -0.05) is 66.3 Å². The van der Waals surface area contributed by atoms with Crippen molar-refractivity contribution in [1.29, 1.82) is 0 Å². The fourth-order valence-corrected chi connectivity index (χ4v) is 7.33. The highest BCUT2D eigenvalue weighted by Crippen LogP contribution is 2.46. The first kappa shape index (κ1) is 23.5. The lowest BCUT2D eigenvalue weighted by molar-refractivity contribution is 0.891. The number of allylic oxidation sites excluding steroid dienone is 4. The molecule has 42 heavy (non-hydrogen) atoms. The summed E-state index contributed by atoms with van der Waals surface area (Å²) >= 11 is 0. The van der Waals surface area contributed by atoms with Crippen molar-refractivity contribution < 1.29 is 0 Å². The third-order valence-electron chi connectivity index (χ3n) is 9.13. The molecular weight excluding hydrogens is 510 g/mol. The van der Waals surface area contributed by atoms with Crippen LogP contribution in [0, 0.1) is 0 Å². The lowest BCUT2D eigenvalue weighted by Gasteiger charge is -2.27. The third kappa shape index (κ3) is 3.31. The fraction of sp³-hybridized carbons (Fsp3) is 0.103. The molecule has 0 atom stereocenters. The van der Waals surface area contributed by atoms with Crippen LogP contribution in [-0.4, -0.2) is 9.55 Å². The summed E-state index contributed by atoms with van der Waals surface area (Å²) in [6, 6.07) is 26.5. The van der Waals surface area contributed by atoms with E-state index in [0.717, 1.165) is 24.8 Å². The van der Waals surface area contributed by atoms with E-state index in [1.165, 1.54) is 77.6 Å². The van der Waals surface area contributed by atoms with Gasteiger partial charge in [-0.2, -0.15) is 0 Å². The second-order valence-corrected chi connectivity index (χ2v) is 11.6. The molecule has 1 aliphatic heterocycles. The van der Waals surface area contributed by atoms with Crippen LogP contribution >= 0.6 is 0 Å². The number of nitrogens with zero attached hydrogens (tertiary/aromatic N) is 3. The Morgan fingerprint density at radius 1 is 0.810 bits per heavy atom. The van der Waals surface area contributed by atoms with Crippen LogP contribution in [0.3, 0.4) is 0 Å². The van der Waals surface area contributed by atoms with Crippen molar-refractivity contribution in [1.82, 2.24) is 9.55 Å². The Hall–Kier alpha value is -5.15. The molecular formula is C39H29N3. The molecule has 3 heteroatoms. The van der Waals surface area contributed by atoms with Crippen LogP contribution in [0.5, 0.6) is 0 Å². The van der Waals surface area contributed by atoms with Crippen LogP contribution in [-0.2, 0) is 12.8 Å². The number of hydrogen-bond donors (Lipinski definition) is 0. The molecule has 2 aliphatic carbocycles. The third-order valence-corrected chi connectivity index (χ3v) is 9.13. The van der Waals surface area contributed by atoms with E-state index in [0.29, 0.717) is 0 Å². The van der Waals surface area contributed by atoms with Gasteiger partial charge in [0, 0.05) is 45.5 Å². The van der Waals surface area contributed by atoms with Crippen molar-refractivity contribution in [2.75, 3.05) is 4.90 Å². The van der Waals surface area contributed by atoms with E-state index in [2.05, 4.69) is 132 Å². The van der Waals surface area contributed by atoms with Crippen molar-refractivity contribution in [2.45, 2.75) is 26.2 Å². The summed E-state index contributed by atoms with van der Waals surface area (Å²) in [6.45, 7) is 2.21. The molecule has 4 aromatic carbocycles. The van der Waals surface area contributed by atoms with Crippen LogP contribution in [0.15, 0.2) is 109 Å². The van der Waals surface area contributed by atoms with Gasteiger partial charge in [0.2, 0.25) is 0 Å². The minimum absolute atomic E-state index is 0.920. The van der Waals surface area contributed by atoms with Crippen molar-refractivity contribution in [3.8, 4) is 5.69 Å². The Morgan fingerprint density at radius 3 is 2.67 bits per heavy atom. The largest absolute Gasteiger partial charge is 0.317 e. The van der Waals surface area contributed by atoms with Crippen molar-refractivity contribution in [3.05, 3.63) is 137 Å². The summed E-state index contributed by atoms with van der Waals surface area (Å²) in [5, 5.41) is 5.12. The molecule has 0 unspecified atom stereocenters. The first-order chi connectivity index (χ1) is 20.8. The van der Waals surface area contributed by atoms with E-state index < -0.39 is 0 Å². The maximum atomic E-state index is 4.97. The second-order valence-electron chi connectivity index (χ2n) is 11.6. The first-order valence-corrected chi connectivity index (χ1v) is 14.8. The number of para-hydroxylation sites is 1. The molecule has 3 nitrogen and oxygen atoms in total. The number of fused-ring (bicyclic) bond motifs is 7. The number of anilines is 2. The van der Waals surface area contributed by atoms with Gasteiger partial charge in [-0.05, 0) is 96.8 Å². The van der Waals surface area contributed by atoms with E-state index in [1.807, 2.05) is 6.20 Å². The molecule has 6 aromatic rings. The maximum Gasteiger partial charge on any atom is 0.0764 e. The predicted molar refractivity (Wildman–Crippen MR) is 178 cm³/mol. The Labute approximate surface area is 245 Å². The fourth-order valence-electron chi connectivity index (χ4n) is 7.33. The standard InChI is InChI=1S/C39H29N3/c1-25-10-7-11-26-23-35(30-16-9-20-40-39(30)32(26)22-25)42-33-17-6-5-15-29(33)38-31-19-21-41(28-13-3-2-4-14-28)34-18-8-12-27(37(31)34)24-36(38)42/h2-5,7-16,18-21,23-24H,6,17,22H2,1H3. The quantitative estimate of drug-likeness (QED) is 0.218. The number of benzene rings is 4. The summed E-state index contributed by atoms with van der Waals surface area (Å²) in [5.74, 6) is 0. The average molecular weight is 540 g/mol. The molecule has 0 amide bonds. The molecule has 0 radical (unpaired) electrons. The molecule has 0 bridgehead atoms.